The van der Waals surface area contributed by atoms with E-state index >= 15 is 0 Å². The number of allylic oxidation sites excluding steroid dienone is 2. The molecule has 0 aliphatic rings. The average molecular weight is 285 g/mol. The van der Waals surface area contributed by atoms with Crippen molar-refractivity contribution in [3.63, 3.8) is 0 Å². The molecule has 0 amide bonds. The van der Waals surface area contributed by atoms with Gasteiger partial charge >= 0.3 is 11.9 Å². The summed E-state index contributed by atoms with van der Waals surface area (Å²) >= 11 is 0. The fourth-order valence-corrected chi connectivity index (χ4v) is 1.42. The molecule has 0 aromatic heterocycles. The quantitative estimate of drug-likeness (QED) is 0.264. The first-order valence-electron chi connectivity index (χ1n) is 5.89. The average Bonchev–Trinajstić information content (AvgIpc) is 2.20. The van der Waals surface area contributed by atoms with Gasteiger partial charge in [-0.1, -0.05) is 12.2 Å². The van der Waals surface area contributed by atoms with Crippen LogP contribution in [0.25, 0.3) is 0 Å². The van der Waals surface area contributed by atoms with E-state index in [1.54, 1.807) is 0 Å². The van der Waals surface area contributed by atoms with Gasteiger partial charge < -0.3 is 24.2 Å². The van der Waals surface area contributed by atoms with Crippen LogP contribution in [0.4, 0.5) is 0 Å². The molecule has 0 aliphatic heterocycles. The largest absolute Gasteiger partial charge is 0.550 e. The van der Waals surface area contributed by atoms with Gasteiger partial charge in [-0.05, 0) is 0 Å². The monoisotopic (exact) mass is 285 g/mol. The molecule has 1 atom stereocenters. The molecule has 0 fully saturated rings. The maximum Gasteiger partial charge on any atom is 0.331 e. The standard InChI is InChI=1S/C13H19NO6/c1-14(2,3)9-10(8-12(17)18)20-13(19)7-5-4-6-11(15)16/h4-7,10H,8-9H2,1-3H3,(H-,15,16,17,18)/b6-4+,7-5+. The maximum atomic E-state index is 11.5. The molecule has 0 aromatic carbocycles. The van der Waals surface area contributed by atoms with Crippen LogP contribution in [0.1, 0.15) is 6.42 Å². The maximum absolute atomic E-state index is 11.5. The SMILES string of the molecule is C[N+](C)(C)CC(CC(=O)[O-])OC(=O)/C=C/C=C/C(=O)O. The highest BCUT2D eigenvalue weighted by molar-refractivity contribution is 5.84. The third-order valence-electron chi connectivity index (χ3n) is 2.01. The minimum Gasteiger partial charge on any atom is -0.550 e. The Labute approximate surface area is 117 Å². The molecule has 112 valence electrons. The second-order valence-corrected chi connectivity index (χ2v) is 5.16. The summed E-state index contributed by atoms with van der Waals surface area (Å²) in [5, 5.41) is 18.9. The number of rotatable bonds is 8. The lowest BCUT2D eigenvalue weighted by Gasteiger charge is -2.28. The lowest BCUT2D eigenvalue weighted by Crippen LogP contribution is -2.45. The number of hydrogen-bond acceptors (Lipinski definition) is 5. The van der Waals surface area contributed by atoms with E-state index in [0.29, 0.717) is 11.0 Å². The van der Waals surface area contributed by atoms with Crippen molar-refractivity contribution in [1.82, 2.24) is 0 Å². The summed E-state index contributed by atoms with van der Waals surface area (Å²) in [5.74, 6) is -3.17. The van der Waals surface area contributed by atoms with Gasteiger partial charge in [0.15, 0.2) is 6.10 Å². The molecule has 7 nitrogen and oxygen atoms in total. The Hall–Kier alpha value is -2.15. The Morgan fingerprint density at radius 3 is 2.20 bits per heavy atom. The number of nitrogens with zero attached hydrogens (tertiary/aromatic N) is 1. The number of aliphatic carboxylic acids is 2. The lowest BCUT2D eigenvalue weighted by molar-refractivity contribution is -0.873. The van der Waals surface area contributed by atoms with Gasteiger partial charge in [-0.25, -0.2) is 9.59 Å². The summed E-state index contributed by atoms with van der Waals surface area (Å²) in [6, 6.07) is 0. The van der Waals surface area contributed by atoms with Crippen molar-refractivity contribution in [2.45, 2.75) is 12.5 Å². The van der Waals surface area contributed by atoms with Crippen molar-refractivity contribution in [3.05, 3.63) is 24.3 Å². The molecule has 0 saturated carbocycles. The van der Waals surface area contributed by atoms with E-state index in [2.05, 4.69) is 0 Å². The predicted molar refractivity (Wildman–Crippen MR) is 68.3 cm³/mol. The summed E-state index contributed by atoms with van der Waals surface area (Å²) in [5.41, 5.74) is 0. The zero-order valence-corrected chi connectivity index (χ0v) is 11.7. The van der Waals surface area contributed by atoms with Gasteiger partial charge in [-0.3, -0.25) is 0 Å². The van der Waals surface area contributed by atoms with Gasteiger partial charge in [-0.15, -0.1) is 0 Å². The minimum absolute atomic E-state index is 0.318. The minimum atomic E-state index is -1.30. The van der Waals surface area contributed by atoms with E-state index < -0.39 is 24.0 Å². The van der Waals surface area contributed by atoms with Crippen molar-refractivity contribution < 1.29 is 33.8 Å². The number of carbonyl (C=O) groups is 3. The van der Waals surface area contributed by atoms with Crippen LogP contribution in [0.5, 0.6) is 0 Å². The van der Waals surface area contributed by atoms with Crippen LogP contribution in [0.2, 0.25) is 0 Å². The van der Waals surface area contributed by atoms with E-state index in [1.807, 2.05) is 21.1 Å². The molecular formula is C13H19NO6. The molecule has 20 heavy (non-hydrogen) atoms. The van der Waals surface area contributed by atoms with Gasteiger partial charge in [0.1, 0.15) is 6.54 Å². The summed E-state index contributed by atoms with van der Waals surface area (Å²) in [6.07, 6.45) is 3.06. The highest BCUT2D eigenvalue weighted by Gasteiger charge is 2.21. The van der Waals surface area contributed by atoms with Crippen LogP contribution in [-0.2, 0) is 19.1 Å². The number of likely N-dealkylation sites (N-methyl/N-ethyl adjacent to an activating group) is 1. The van der Waals surface area contributed by atoms with E-state index in [1.165, 1.54) is 6.08 Å². The zero-order valence-electron chi connectivity index (χ0n) is 11.7. The molecule has 0 spiro atoms. The van der Waals surface area contributed by atoms with Crippen LogP contribution in [0.3, 0.4) is 0 Å². The molecule has 0 aromatic rings. The Balaban J connectivity index is 4.53. The Morgan fingerprint density at radius 1 is 1.20 bits per heavy atom. The third-order valence-corrected chi connectivity index (χ3v) is 2.01. The van der Waals surface area contributed by atoms with Crippen LogP contribution in [0, 0.1) is 0 Å². The molecule has 0 rings (SSSR count). The first-order chi connectivity index (χ1) is 9.10. The Bertz CT molecular complexity index is 419. The second-order valence-electron chi connectivity index (χ2n) is 5.16. The van der Waals surface area contributed by atoms with Crippen molar-refractivity contribution >= 4 is 17.9 Å². The first-order valence-corrected chi connectivity index (χ1v) is 5.89. The summed E-state index contributed by atoms with van der Waals surface area (Å²) in [6.45, 7) is 0.318. The van der Waals surface area contributed by atoms with Crippen LogP contribution < -0.4 is 5.11 Å². The molecule has 7 heteroatoms. The first kappa shape index (κ1) is 17.8. The molecule has 0 aliphatic carbocycles. The summed E-state index contributed by atoms with van der Waals surface area (Å²) in [4.78, 5) is 32.3. The van der Waals surface area contributed by atoms with Crippen molar-refractivity contribution in [1.29, 1.82) is 0 Å². The second kappa shape index (κ2) is 8.11. The van der Waals surface area contributed by atoms with Crippen LogP contribution in [0.15, 0.2) is 24.3 Å². The molecule has 0 bridgehead atoms. The van der Waals surface area contributed by atoms with Gasteiger partial charge in [0.25, 0.3) is 0 Å². The molecule has 0 saturated heterocycles. The Morgan fingerprint density at radius 2 is 1.75 bits per heavy atom. The third kappa shape index (κ3) is 11.0. The number of ether oxygens (including phenoxy) is 1. The lowest BCUT2D eigenvalue weighted by atomic mass is 10.2. The topological polar surface area (TPSA) is 104 Å². The fraction of sp³-hybridized carbons (Fsp3) is 0.462. The predicted octanol–water partition coefficient (Wildman–Crippen LogP) is -1.06. The van der Waals surface area contributed by atoms with Gasteiger partial charge in [0.2, 0.25) is 0 Å². The number of carbonyl (C=O) groups excluding carboxylic acids is 2. The van der Waals surface area contributed by atoms with E-state index in [-0.39, 0.29) is 6.42 Å². The molecule has 0 heterocycles. The number of quaternary nitrogens is 1. The fourth-order valence-electron chi connectivity index (χ4n) is 1.42. The van der Waals surface area contributed by atoms with Crippen LogP contribution in [-0.4, -0.2) is 61.3 Å². The highest BCUT2D eigenvalue weighted by Crippen LogP contribution is 2.05. The number of hydrogen-bond donors (Lipinski definition) is 1. The number of esters is 1. The smallest absolute Gasteiger partial charge is 0.331 e. The molecular weight excluding hydrogens is 266 g/mol. The molecule has 0 radical (unpaired) electrons. The van der Waals surface area contributed by atoms with E-state index in [9.17, 15) is 19.5 Å². The summed E-state index contributed by atoms with van der Waals surface area (Å²) < 4.78 is 5.43. The highest BCUT2D eigenvalue weighted by atomic mass is 16.5. The normalized spacial score (nSPS) is 13.6. The van der Waals surface area contributed by atoms with E-state index in [0.717, 1.165) is 18.2 Å². The summed E-state index contributed by atoms with van der Waals surface area (Å²) in [7, 11) is 5.50. The Kier molecular flexibility index (Phi) is 7.24. The molecule has 1 N–H and O–H groups in total. The van der Waals surface area contributed by atoms with Gasteiger partial charge in [0, 0.05) is 24.5 Å². The number of carboxylic acids is 2. The van der Waals surface area contributed by atoms with Crippen LogP contribution >= 0.6 is 0 Å². The molecule has 1 unspecified atom stereocenters. The van der Waals surface area contributed by atoms with Gasteiger partial charge in [0.05, 0.1) is 21.1 Å². The van der Waals surface area contributed by atoms with Crippen molar-refractivity contribution in [2.75, 3.05) is 27.7 Å². The van der Waals surface area contributed by atoms with Crippen molar-refractivity contribution in [3.8, 4) is 0 Å². The van der Waals surface area contributed by atoms with Crippen molar-refractivity contribution in [2.24, 2.45) is 0 Å². The number of carboxylic acid groups (broad SMARTS) is 2. The van der Waals surface area contributed by atoms with Gasteiger partial charge in [-0.2, -0.15) is 0 Å². The van der Waals surface area contributed by atoms with E-state index in [4.69, 9.17) is 9.84 Å². The zero-order chi connectivity index (χ0) is 15.8.